The summed E-state index contributed by atoms with van der Waals surface area (Å²) in [4.78, 5) is 10.5. The SMILES string of the molecule is N#C/C(N)=C(\C#N)N=Cc1ccc(C=N/C(C#N)=C(\N)C#N)[nH]1. The molecule has 1 aromatic rings. The first-order chi connectivity index (χ1) is 11.0. The van der Waals surface area contributed by atoms with Gasteiger partial charge < -0.3 is 16.5 Å². The van der Waals surface area contributed by atoms with Crippen molar-refractivity contribution in [3.63, 3.8) is 0 Å². The third-order valence-corrected chi connectivity index (χ3v) is 2.36. The van der Waals surface area contributed by atoms with Crippen molar-refractivity contribution >= 4 is 12.4 Å². The first-order valence-electron chi connectivity index (χ1n) is 5.92. The van der Waals surface area contributed by atoms with E-state index in [1.807, 2.05) is 0 Å². The molecular weight excluding hydrogens is 294 g/mol. The molecule has 0 aliphatic rings. The summed E-state index contributed by atoms with van der Waals surface area (Å²) in [5.41, 5.74) is 10.7. The Morgan fingerprint density at radius 3 is 1.52 bits per heavy atom. The Bertz CT molecular complexity index is 810. The molecule has 0 aliphatic heterocycles. The van der Waals surface area contributed by atoms with E-state index in [0.29, 0.717) is 11.4 Å². The first-order valence-corrected chi connectivity index (χ1v) is 5.92. The van der Waals surface area contributed by atoms with Crippen LogP contribution in [0.25, 0.3) is 0 Å². The number of allylic oxidation sites excluding steroid dienone is 4. The minimum atomic E-state index is -0.284. The zero-order valence-electron chi connectivity index (χ0n) is 11.6. The minimum Gasteiger partial charge on any atom is -0.388 e. The van der Waals surface area contributed by atoms with E-state index < -0.39 is 0 Å². The molecule has 0 saturated heterocycles. The number of hydrogen-bond donors (Lipinski definition) is 3. The number of hydrogen-bond acceptors (Lipinski definition) is 8. The van der Waals surface area contributed by atoms with E-state index in [0.717, 1.165) is 0 Å². The van der Waals surface area contributed by atoms with Gasteiger partial charge in [-0.15, -0.1) is 0 Å². The van der Waals surface area contributed by atoms with Gasteiger partial charge in [-0.3, -0.25) is 0 Å². The van der Waals surface area contributed by atoms with Crippen molar-refractivity contribution in [1.82, 2.24) is 4.98 Å². The lowest BCUT2D eigenvalue weighted by molar-refractivity contribution is 1.26. The van der Waals surface area contributed by atoms with Crippen molar-refractivity contribution in [3.05, 3.63) is 46.3 Å². The van der Waals surface area contributed by atoms with Crippen LogP contribution in [0.1, 0.15) is 11.4 Å². The van der Waals surface area contributed by atoms with Gasteiger partial charge in [-0.05, 0) is 12.1 Å². The molecule has 0 bridgehead atoms. The lowest BCUT2D eigenvalue weighted by atomic mass is 10.3. The maximum Gasteiger partial charge on any atom is 0.174 e. The van der Waals surface area contributed by atoms with Crippen molar-refractivity contribution < 1.29 is 0 Å². The van der Waals surface area contributed by atoms with Crippen LogP contribution in [0.15, 0.2) is 44.9 Å². The third-order valence-electron chi connectivity index (χ3n) is 2.36. The molecule has 0 amide bonds. The molecule has 0 spiro atoms. The van der Waals surface area contributed by atoms with Crippen LogP contribution in [-0.4, -0.2) is 17.4 Å². The van der Waals surface area contributed by atoms with Crippen LogP contribution >= 0.6 is 0 Å². The highest BCUT2D eigenvalue weighted by Crippen LogP contribution is 2.03. The van der Waals surface area contributed by atoms with Crippen LogP contribution in [-0.2, 0) is 0 Å². The number of H-pyrrole nitrogens is 1. The van der Waals surface area contributed by atoms with Crippen LogP contribution in [0, 0.1) is 45.3 Å². The molecule has 23 heavy (non-hydrogen) atoms. The average molecular weight is 303 g/mol. The van der Waals surface area contributed by atoms with Crippen molar-refractivity contribution in [1.29, 1.82) is 21.0 Å². The third kappa shape index (κ3) is 4.61. The van der Waals surface area contributed by atoms with Gasteiger partial charge in [0.25, 0.3) is 0 Å². The van der Waals surface area contributed by atoms with E-state index in [1.165, 1.54) is 12.4 Å². The van der Waals surface area contributed by atoms with Gasteiger partial charge in [-0.2, -0.15) is 21.0 Å². The van der Waals surface area contributed by atoms with E-state index in [4.69, 9.17) is 32.5 Å². The molecule has 110 valence electrons. The first kappa shape index (κ1) is 16.7. The van der Waals surface area contributed by atoms with Gasteiger partial charge in [0.05, 0.1) is 23.8 Å². The lowest BCUT2D eigenvalue weighted by Crippen LogP contribution is -1.98. The Morgan fingerprint density at radius 1 is 0.826 bits per heavy atom. The summed E-state index contributed by atoms with van der Waals surface area (Å²) in [7, 11) is 0. The van der Waals surface area contributed by atoms with Gasteiger partial charge in [-0.25, -0.2) is 9.98 Å². The highest BCUT2D eigenvalue weighted by molar-refractivity contribution is 5.84. The summed E-state index contributed by atoms with van der Waals surface area (Å²) in [6.45, 7) is 0. The Morgan fingerprint density at radius 2 is 1.22 bits per heavy atom. The topological polar surface area (TPSA) is 188 Å². The van der Waals surface area contributed by atoms with Gasteiger partial charge in [-0.1, -0.05) is 0 Å². The van der Waals surface area contributed by atoms with Crippen LogP contribution < -0.4 is 11.5 Å². The number of aliphatic imine (C=N–C) groups is 2. The van der Waals surface area contributed by atoms with Gasteiger partial charge in [0.15, 0.2) is 11.4 Å². The zero-order chi connectivity index (χ0) is 17.2. The van der Waals surface area contributed by atoms with E-state index in [1.54, 1.807) is 36.4 Å². The fourth-order valence-electron chi connectivity index (χ4n) is 1.27. The van der Waals surface area contributed by atoms with Crippen molar-refractivity contribution in [2.45, 2.75) is 0 Å². The van der Waals surface area contributed by atoms with Crippen LogP contribution in [0.2, 0.25) is 0 Å². The predicted octanol–water partition coefficient (Wildman–Crippen LogP) is 0.287. The molecule has 1 rings (SSSR count). The van der Waals surface area contributed by atoms with Gasteiger partial charge in [0.1, 0.15) is 35.7 Å². The Kier molecular flexibility index (Phi) is 5.86. The van der Waals surface area contributed by atoms with Crippen LogP contribution in [0.4, 0.5) is 0 Å². The summed E-state index contributed by atoms with van der Waals surface area (Å²) in [5, 5.41) is 34.8. The second-order valence-corrected chi connectivity index (χ2v) is 3.86. The van der Waals surface area contributed by atoms with E-state index in [-0.39, 0.29) is 22.8 Å². The second kappa shape index (κ2) is 8.06. The quantitative estimate of drug-likeness (QED) is 0.529. The largest absolute Gasteiger partial charge is 0.388 e. The zero-order valence-corrected chi connectivity index (χ0v) is 11.6. The van der Waals surface area contributed by atoms with E-state index in [2.05, 4.69) is 15.0 Å². The van der Waals surface area contributed by atoms with Crippen molar-refractivity contribution in [3.8, 4) is 24.3 Å². The minimum absolute atomic E-state index is 0.200. The monoisotopic (exact) mass is 303 g/mol. The second-order valence-electron chi connectivity index (χ2n) is 3.86. The maximum atomic E-state index is 8.80. The highest BCUT2D eigenvalue weighted by Gasteiger charge is 2.01. The summed E-state index contributed by atoms with van der Waals surface area (Å²) < 4.78 is 0. The fraction of sp³-hybridized carbons (Fsp3) is 0. The fourth-order valence-corrected chi connectivity index (χ4v) is 1.27. The van der Waals surface area contributed by atoms with Crippen LogP contribution in [0.3, 0.4) is 0 Å². The molecule has 9 nitrogen and oxygen atoms in total. The molecule has 5 N–H and O–H groups in total. The average Bonchev–Trinajstić information content (AvgIpc) is 3.03. The van der Waals surface area contributed by atoms with Gasteiger partial charge in [0, 0.05) is 0 Å². The lowest BCUT2D eigenvalue weighted by Gasteiger charge is -1.91. The molecule has 0 fully saturated rings. The normalized spacial score (nSPS) is 12.7. The summed E-state index contributed by atoms with van der Waals surface area (Å²) in [6.07, 6.45) is 2.62. The molecule has 0 unspecified atom stereocenters. The Labute approximate surface area is 131 Å². The Balaban J connectivity index is 2.98. The molecule has 9 heteroatoms. The number of aromatic amines is 1. The van der Waals surface area contributed by atoms with Crippen molar-refractivity contribution in [2.75, 3.05) is 0 Å². The molecule has 1 aromatic heterocycles. The van der Waals surface area contributed by atoms with Crippen LogP contribution in [0.5, 0.6) is 0 Å². The highest BCUT2D eigenvalue weighted by atomic mass is 14.8. The number of nitrogens with two attached hydrogens (primary N) is 2. The number of nitriles is 4. The standard InChI is InChI=1S/C14H9N9/c15-3-11(19)13(5-17)21-7-9-1-2-10(23-9)8-22-14(6-18)12(20)4-16/h1-2,7-8,23H,19-20H2/b13-11-,14-12-,21-7?,22-8?. The molecule has 0 radical (unpaired) electrons. The Hall–Kier alpha value is -4.34. The summed E-state index contributed by atoms with van der Waals surface area (Å²) >= 11 is 0. The molecular formula is C14H9N9. The molecule has 1 heterocycles. The number of rotatable bonds is 4. The molecule has 0 atom stereocenters. The molecule has 0 saturated carbocycles. The molecule has 0 aromatic carbocycles. The van der Waals surface area contributed by atoms with E-state index >= 15 is 0 Å². The van der Waals surface area contributed by atoms with E-state index in [9.17, 15) is 0 Å². The van der Waals surface area contributed by atoms with Gasteiger partial charge in [0.2, 0.25) is 0 Å². The van der Waals surface area contributed by atoms with Crippen molar-refractivity contribution in [2.24, 2.45) is 21.5 Å². The maximum absolute atomic E-state index is 8.80. The summed E-state index contributed by atoms with van der Waals surface area (Å²) in [5.74, 6) is 0. The number of aromatic nitrogens is 1. The number of nitrogens with one attached hydrogen (secondary N) is 1. The summed E-state index contributed by atoms with van der Waals surface area (Å²) in [6, 6.07) is 9.93. The molecule has 0 aliphatic carbocycles. The number of nitrogens with zero attached hydrogens (tertiary/aromatic N) is 6. The predicted molar refractivity (Wildman–Crippen MR) is 80.9 cm³/mol. The smallest absolute Gasteiger partial charge is 0.174 e. The van der Waals surface area contributed by atoms with Gasteiger partial charge >= 0.3 is 0 Å².